The van der Waals surface area contributed by atoms with Gasteiger partial charge in [-0.1, -0.05) is 31.4 Å². The summed E-state index contributed by atoms with van der Waals surface area (Å²) in [6.45, 7) is 1.32. The highest BCUT2D eigenvalue weighted by Crippen LogP contribution is 2.21. The molecule has 2 aromatic rings. The number of hydrogen-bond acceptors (Lipinski definition) is 4. The van der Waals surface area contributed by atoms with Gasteiger partial charge in [0.25, 0.3) is 11.8 Å². The van der Waals surface area contributed by atoms with Gasteiger partial charge in [0.2, 0.25) is 0 Å². The molecule has 31 heavy (non-hydrogen) atoms. The van der Waals surface area contributed by atoms with Crippen LogP contribution in [0, 0.1) is 0 Å². The highest BCUT2D eigenvalue weighted by molar-refractivity contribution is 6.09. The van der Waals surface area contributed by atoms with E-state index in [0.29, 0.717) is 29.2 Å². The summed E-state index contributed by atoms with van der Waals surface area (Å²) in [6, 6.07) is 14.4. The smallest absolute Gasteiger partial charge is 0.255 e. The largest absolute Gasteiger partial charge is 0.491 e. The maximum Gasteiger partial charge on any atom is 0.255 e. The molecule has 1 saturated carbocycles. The van der Waals surface area contributed by atoms with E-state index in [-0.39, 0.29) is 24.0 Å². The van der Waals surface area contributed by atoms with E-state index in [1.807, 2.05) is 12.1 Å². The SMILES string of the molecule is O=C(Nc1ccccc1C(=O)NC1CCCCC1)c1ccc(OCC2CCCO2)cc1. The molecule has 0 aromatic heterocycles. The molecule has 6 nitrogen and oxygen atoms in total. The van der Waals surface area contributed by atoms with E-state index in [0.717, 1.165) is 45.1 Å². The average molecular weight is 423 g/mol. The molecule has 0 spiro atoms. The Labute approximate surface area is 183 Å². The van der Waals surface area contributed by atoms with Gasteiger partial charge < -0.3 is 20.1 Å². The summed E-state index contributed by atoms with van der Waals surface area (Å²) >= 11 is 0. The molecule has 2 aromatic carbocycles. The van der Waals surface area contributed by atoms with Crippen LogP contribution >= 0.6 is 0 Å². The van der Waals surface area contributed by atoms with Crippen LogP contribution in [0.5, 0.6) is 5.75 Å². The Hall–Kier alpha value is -2.86. The zero-order chi connectivity index (χ0) is 21.5. The van der Waals surface area contributed by atoms with E-state index >= 15 is 0 Å². The van der Waals surface area contributed by atoms with Crippen molar-refractivity contribution in [2.24, 2.45) is 0 Å². The Balaban J connectivity index is 1.36. The quantitative estimate of drug-likeness (QED) is 0.686. The number of ether oxygens (including phenoxy) is 2. The number of para-hydroxylation sites is 1. The highest BCUT2D eigenvalue weighted by atomic mass is 16.5. The number of carbonyl (C=O) groups is 2. The van der Waals surface area contributed by atoms with Crippen LogP contribution in [0.3, 0.4) is 0 Å². The lowest BCUT2D eigenvalue weighted by Gasteiger charge is -2.23. The van der Waals surface area contributed by atoms with E-state index in [1.54, 1.807) is 36.4 Å². The van der Waals surface area contributed by atoms with Crippen LogP contribution in [0.15, 0.2) is 48.5 Å². The number of anilines is 1. The predicted molar refractivity (Wildman–Crippen MR) is 120 cm³/mol. The van der Waals surface area contributed by atoms with E-state index in [2.05, 4.69) is 10.6 Å². The Morgan fingerprint density at radius 2 is 1.68 bits per heavy atom. The van der Waals surface area contributed by atoms with Gasteiger partial charge in [-0.25, -0.2) is 0 Å². The van der Waals surface area contributed by atoms with E-state index in [4.69, 9.17) is 9.47 Å². The van der Waals surface area contributed by atoms with Gasteiger partial charge >= 0.3 is 0 Å². The third kappa shape index (κ3) is 5.85. The minimum absolute atomic E-state index is 0.138. The Bertz CT molecular complexity index is 885. The molecular formula is C25H30N2O4. The highest BCUT2D eigenvalue weighted by Gasteiger charge is 2.20. The molecule has 164 valence electrons. The van der Waals surface area contributed by atoms with Crippen molar-refractivity contribution >= 4 is 17.5 Å². The number of benzene rings is 2. The lowest BCUT2D eigenvalue weighted by atomic mass is 9.95. The monoisotopic (exact) mass is 422 g/mol. The van der Waals surface area contributed by atoms with Gasteiger partial charge in [-0.3, -0.25) is 9.59 Å². The molecule has 2 aliphatic rings. The second-order valence-electron chi connectivity index (χ2n) is 8.28. The topological polar surface area (TPSA) is 76.7 Å². The number of amides is 2. The van der Waals surface area contributed by atoms with Crippen LogP contribution in [0.4, 0.5) is 5.69 Å². The molecule has 1 unspecified atom stereocenters. The molecule has 1 atom stereocenters. The van der Waals surface area contributed by atoms with Gasteiger partial charge in [-0.05, 0) is 62.1 Å². The second-order valence-corrected chi connectivity index (χ2v) is 8.28. The molecule has 0 bridgehead atoms. The first kappa shape index (κ1) is 21.4. The van der Waals surface area contributed by atoms with E-state index in [9.17, 15) is 9.59 Å². The zero-order valence-electron chi connectivity index (χ0n) is 17.8. The van der Waals surface area contributed by atoms with Gasteiger partial charge in [0.05, 0.1) is 17.4 Å². The van der Waals surface area contributed by atoms with Gasteiger partial charge in [0.15, 0.2) is 0 Å². The second kappa shape index (κ2) is 10.4. The third-order valence-electron chi connectivity index (χ3n) is 5.94. The van der Waals surface area contributed by atoms with Crippen LogP contribution in [-0.4, -0.2) is 37.2 Å². The van der Waals surface area contributed by atoms with Crippen LogP contribution in [0.25, 0.3) is 0 Å². The molecular weight excluding hydrogens is 392 g/mol. The molecule has 1 aliphatic heterocycles. The predicted octanol–water partition coefficient (Wildman–Crippen LogP) is 4.56. The van der Waals surface area contributed by atoms with E-state index in [1.165, 1.54) is 6.42 Å². The number of carbonyl (C=O) groups excluding carboxylic acids is 2. The molecule has 4 rings (SSSR count). The van der Waals surface area contributed by atoms with Gasteiger partial charge in [-0.2, -0.15) is 0 Å². The van der Waals surface area contributed by atoms with Crippen LogP contribution in [0.2, 0.25) is 0 Å². The van der Waals surface area contributed by atoms with Gasteiger partial charge in [0.1, 0.15) is 12.4 Å². The summed E-state index contributed by atoms with van der Waals surface area (Å²) in [5.41, 5.74) is 1.50. The molecule has 2 amide bonds. The lowest BCUT2D eigenvalue weighted by molar-refractivity contribution is 0.0679. The minimum atomic E-state index is -0.261. The molecule has 1 aliphatic carbocycles. The van der Waals surface area contributed by atoms with Crippen molar-refractivity contribution in [1.82, 2.24) is 5.32 Å². The van der Waals surface area contributed by atoms with E-state index < -0.39 is 0 Å². The van der Waals surface area contributed by atoms with Crippen molar-refractivity contribution in [2.45, 2.75) is 57.1 Å². The van der Waals surface area contributed by atoms with Crippen molar-refractivity contribution in [2.75, 3.05) is 18.5 Å². The van der Waals surface area contributed by atoms with Crippen molar-refractivity contribution in [3.63, 3.8) is 0 Å². The summed E-state index contributed by atoms with van der Waals surface area (Å²) in [5.74, 6) is 0.309. The molecule has 1 saturated heterocycles. The van der Waals surface area contributed by atoms with Gasteiger partial charge in [0, 0.05) is 18.2 Å². The fourth-order valence-corrected chi connectivity index (χ4v) is 4.16. The maximum absolute atomic E-state index is 12.8. The number of rotatable bonds is 7. The zero-order valence-corrected chi connectivity index (χ0v) is 17.8. The normalized spacial score (nSPS) is 19.0. The number of nitrogens with one attached hydrogen (secondary N) is 2. The number of hydrogen-bond donors (Lipinski definition) is 2. The average Bonchev–Trinajstić information content (AvgIpc) is 3.33. The maximum atomic E-state index is 12.8. The first-order valence-corrected chi connectivity index (χ1v) is 11.2. The van der Waals surface area contributed by atoms with Crippen LogP contribution < -0.4 is 15.4 Å². The molecule has 1 heterocycles. The van der Waals surface area contributed by atoms with Crippen LogP contribution in [0.1, 0.15) is 65.7 Å². The first-order valence-electron chi connectivity index (χ1n) is 11.2. The van der Waals surface area contributed by atoms with Crippen molar-refractivity contribution in [1.29, 1.82) is 0 Å². The fourth-order valence-electron chi connectivity index (χ4n) is 4.16. The summed E-state index contributed by atoms with van der Waals surface area (Å²) in [6.07, 6.45) is 7.81. The summed E-state index contributed by atoms with van der Waals surface area (Å²) < 4.78 is 11.3. The van der Waals surface area contributed by atoms with Gasteiger partial charge in [-0.15, -0.1) is 0 Å². The Morgan fingerprint density at radius 3 is 2.42 bits per heavy atom. The molecule has 6 heteroatoms. The van der Waals surface area contributed by atoms with Crippen molar-refractivity contribution in [3.8, 4) is 5.75 Å². The standard InChI is InChI=1S/C25H30N2O4/c28-24(18-12-14-20(15-13-18)31-17-21-9-6-16-30-21)27-23-11-5-4-10-22(23)25(29)26-19-7-2-1-3-8-19/h4-5,10-15,19,21H,1-3,6-9,16-17H2,(H,26,29)(H,27,28). The summed E-state index contributed by atoms with van der Waals surface area (Å²) in [5, 5.41) is 6.00. The molecule has 2 fully saturated rings. The first-order chi connectivity index (χ1) is 15.2. The Kier molecular flexibility index (Phi) is 7.20. The third-order valence-corrected chi connectivity index (χ3v) is 5.94. The van der Waals surface area contributed by atoms with Crippen LogP contribution in [-0.2, 0) is 4.74 Å². The Morgan fingerprint density at radius 1 is 0.903 bits per heavy atom. The summed E-state index contributed by atoms with van der Waals surface area (Å²) in [4.78, 5) is 25.5. The lowest BCUT2D eigenvalue weighted by Crippen LogP contribution is -2.36. The minimum Gasteiger partial charge on any atom is -0.491 e. The molecule has 2 N–H and O–H groups in total. The molecule has 0 radical (unpaired) electrons. The summed E-state index contributed by atoms with van der Waals surface area (Å²) in [7, 11) is 0. The van der Waals surface area contributed by atoms with Crippen molar-refractivity contribution < 1.29 is 19.1 Å². The van der Waals surface area contributed by atoms with Crippen molar-refractivity contribution in [3.05, 3.63) is 59.7 Å². The fraction of sp³-hybridized carbons (Fsp3) is 0.440.